The molecule has 2 saturated heterocycles. The number of fused-ring (bicyclic) bond motifs is 2. The molecule has 7 atom stereocenters. The van der Waals surface area contributed by atoms with Gasteiger partial charge in [-0.3, -0.25) is 4.79 Å². The van der Waals surface area contributed by atoms with Crippen LogP contribution in [0.4, 0.5) is 0 Å². The first kappa shape index (κ1) is 24.1. The zero-order chi connectivity index (χ0) is 23.9. The Labute approximate surface area is 205 Å². The summed E-state index contributed by atoms with van der Waals surface area (Å²) in [5, 5.41) is 3.90. The fraction of sp³-hybridized carbons (Fsp3) is 0.700. The lowest BCUT2D eigenvalue weighted by molar-refractivity contribution is -0.146. The van der Waals surface area contributed by atoms with Gasteiger partial charge >= 0.3 is 5.97 Å². The third-order valence-electron chi connectivity index (χ3n) is 9.52. The molecule has 5 rings (SSSR count). The fourth-order valence-corrected chi connectivity index (χ4v) is 7.66. The maximum Gasteiger partial charge on any atom is 0.310 e. The zero-order valence-corrected chi connectivity index (χ0v) is 21.4. The van der Waals surface area contributed by atoms with E-state index in [1.165, 1.54) is 24.0 Å². The van der Waals surface area contributed by atoms with Gasteiger partial charge in [0.15, 0.2) is 0 Å². The van der Waals surface area contributed by atoms with Gasteiger partial charge in [0.05, 0.1) is 11.5 Å². The van der Waals surface area contributed by atoms with E-state index in [0.717, 1.165) is 45.1 Å². The van der Waals surface area contributed by atoms with Crippen molar-refractivity contribution >= 4 is 5.97 Å². The van der Waals surface area contributed by atoms with Crippen molar-refractivity contribution in [2.24, 2.45) is 29.1 Å². The van der Waals surface area contributed by atoms with Crippen LogP contribution in [0.2, 0.25) is 0 Å². The van der Waals surface area contributed by atoms with Gasteiger partial charge in [0.2, 0.25) is 0 Å². The Bertz CT molecular complexity index is 896. The highest BCUT2D eigenvalue weighted by Gasteiger charge is 2.55. The molecule has 0 spiro atoms. The lowest BCUT2D eigenvalue weighted by Gasteiger charge is -2.50. The van der Waals surface area contributed by atoms with Gasteiger partial charge in [-0.05, 0) is 88.0 Å². The van der Waals surface area contributed by atoms with Crippen molar-refractivity contribution in [3.05, 3.63) is 48.0 Å². The monoisotopic (exact) mass is 465 g/mol. The van der Waals surface area contributed by atoms with Crippen molar-refractivity contribution in [2.75, 3.05) is 13.2 Å². The maximum absolute atomic E-state index is 13.1. The summed E-state index contributed by atoms with van der Waals surface area (Å²) >= 11 is 0. The van der Waals surface area contributed by atoms with Crippen LogP contribution in [-0.2, 0) is 20.7 Å². The normalized spacial score (nSPS) is 38.0. The average Bonchev–Trinajstić information content (AvgIpc) is 3.08. The van der Waals surface area contributed by atoms with Gasteiger partial charge in [0.1, 0.15) is 6.10 Å². The number of carbonyl (C=O) groups excluding carboxylic acids is 1. The number of hydrogen-bond acceptors (Lipinski definition) is 4. The van der Waals surface area contributed by atoms with Gasteiger partial charge in [0, 0.05) is 25.1 Å². The SMILES string of the molecule is C=C1CCC[C@]2(C)C[C@H]3OC(=O)[C@@H](CN[C@@H](Cc4ccccc4)[C@@H]4CCOC(C)(C)C4)[C@H]3C[C@H]12. The summed E-state index contributed by atoms with van der Waals surface area (Å²) in [6.07, 6.45) is 8.85. The highest BCUT2D eigenvalue weighted by Crippen LogP contribution is 2.56. The molecular weight excluding hydrogens is 422 g/mol. The van der Waals surface area contributed by atoms with E-state index in [1.807, 2.05) is 0 Å². The largest absolute Gasteiger partial charge is 0.462 e. The minimum absolute atomic E-state index is 0.0149. The Morgan fingerprint density at radius 1 is 1.18 bits per heavy atom. The molecule has 4 nitrogen and oxygen atoms in total. The summed E-state index contributed by atoms with van der Waals surface area (Å²) in [6, 6.07) is 11.1. The molecule has 1 aromatic rings. The van der Waals surface area contributed by atoms with Crippen LogP contribution in [0, 0.1) is 29.1 Å². The minimum Gasteiger partial charge on any atom is -0.462 e. The number of nitrogens with one attached hydrogen (secondary N) is 1. The molecule has 2 saturated carbocycles. The molecule has 2 aliphatic carbocycles. The molecule has 1 aromatic carbocycles. The first-order chi connectivity index (χ1) is 16.2. The molecule has 4 fully saturated rings. The van der Waals surface area contributed by atoms with Gasteiger partial charge in [-0.25, -0.2) is 0 Å². The summed E-state index contributed by atoms with van der Waals surface area (Å²) in [5.74, 6) is 1.36. The highest BCUT2D eigenvalue weighted by molar-refractivity contribution is 5.75. The minimum atomic E-state index is -0.0912. The van der Waals surface area contributed by atoms with Gasteiger partial charge in [-0.2, -0.15) is 0 Å². The molecule has 0 bridgehead atoms. The number of ether oxygens (including phenoxy) is 2. The molecule has 2 heterocycles. The van der Waals surface area contributed by atoms with Gasteiger partial charge in [0.25, 0.3) is 0 Å². The van der Waals surface area contributed by atoms with E-state index in [1.54, 1.807) is 0 Å². The Morgan fingerprint density at radius 3 is 2.74 bits per heavy atom. The smallest absolute Gasteiger partial charge is 0.310 e. The Morgan fingerprint density at radius 2 is 1.97 bits per heavy atom. The Hall–Kier alpha value is -1.65. The maximum atomic E-state index is 13.1. The van der Waals surface area contributed by atoms with E-state index >= 15 is 0 Å². The molecule has 4 heteroatoms. The average molecular weight is 466 g/mol. The number of esters is 1. The number of hydrogen-bond donors (Lipinski definition) is 1. The summed E-state index contributed by atoms with van der Waals surface area (Å²) in [7, 11) is 0. The van der Waals surface area contributed by atoms with Crippen LogP contribution in [0.25, 0.3) is 0 Å². The van der Waals surface area contributed by atoms with Crippen LogP contribution >= 0.6 is 0 Å². The highest BCUT2D eigenvalue weighted by atomic mass is 16.6. The van der Waals surface area contributed by atoms with E-state index in [2.05, 4.69) is 63.0 Å². The van der Waals surface area contributed by atoms with Crippen LogP contribution in [-0.4, -0.2) is 36.9 Å². The topological polar surface area (TPSA) is 47.6 Å². The van der Waals surface area contributed by atoms with Crippen LogP contribution in [0.5, 0.6) is 0 Å². The van der Waals surface area contributed by atoms with Gasteiger partial charge in [-0.1, -0.05) is 49.4 Å². The van der Waals surface area contributed by atoms with Crippen LogP contribution in [0.1, 0.15) is 71.3 Å². The van der Waals surface area contributed by atoms with Crippen molar-refractivity contribution in [3.8, 4) is 0 Å². The lowest BCUT2D eigenvalue weighted by atomic mass is 9.55. The summed E-state index contributed by atoms with van der Waals surface area (Å²) in [5.41, 5.74) is 2.92. The molecular formula is C30H43NO3. The molecule has 0 amide bonds. The molecule has 0 aromatic heterocycles. The molecule has 1 N–H and O–H groups in total. The lowest BCUT2D eigenvalue weighted by Crippen LogP contribution is -2.49. The molecule has 186 valence electrons. The van der Waals surface area contributed by atoms with Crippen molar-refractivity contribution in [1.29, 1.82) is 0 Å². The zero-order valence-electron chi connectivity index (χ0n) is 21.4. The molecule has 4 aliphatic rings. The second kappa shape index (κ2) is 9.43. The van der Waals surface area contributed by atoms with Crippen molar-refractivity contribution in [3.63, 3.8) is 0 Å². The quantitative estimate of drug-likeness (QED) is 0.432. The van der Waals surface area contributed by atoms with E-state index in [0.29, 0.717) is 30.3 Å². The standard InChI is InChI=1S/C30H43NO3/c1-20-9-8-13-30(4)18-27-23(16-25(20)30)24(28(32)34-27)19-31-26(15-21-10-6-5-7-11-21)22-12-14-33-29(2,3)17-22/h5-7,10-11,22-27,31H,1,8-9,12-19H2,2-4H3/t22-,23-,24+,25-,26+,27-,30-/m1/s1. The number of benzene rings is 1. The molecule has 34 heavy (non-hydrogen) atoms. The second-order valence-corrected chi connectivity index (χ2v) is 12.5. The van der Waals surface area contributed by atoms with Gasteiger partial charge in [-0.15, -0.1) is 0 Å². The third kappa shape index (κ3) is 4.86. The predicted molar refractivity (Wildman–Crippen MR) is 135 cm³/mol. The summed E-state index contributed by atoms with van der Waals surface area (Å²) < 4.78 is 12.0. The molecule has 0 radical (unpaired) electrons. The summed E-state index contributed by atoms with van der Waals surface area (Å²) in [6.45, 7) is 12.8. The number of allylic oxidation sites excluding steroid dienone is 1. The van der Waals surface area contributed by atoms with Crippen LogP contribution in [0.3, 0.4) is 0 Å². The van der Waals surface area contributed by atoms with E-state index < -0.39 is 0 Å². The summed E-state index contributed by atoms with van der Waals surface area (Å²) in [4.78, 5) is 13.1. The predicted octanol–water partition coefficient (Wildman–Crippen LogP) is 5.71. The fourth-order valence-electron chi connectivity index (χ4n) is 7.66. The second-order valence-electron chi connectivity index (χ2n) is 12.5. The first-order valence-corrected chi connectivity index (χ1v) is 13.5. The van der Waals surface area contributed by atoms with Crippen LogP contribution < -0.4 is 5.32 Å². The van der Waals surface area contributed by atoms with Crippen molar-refractivity contribution < 1.29 is 14.3 Å². The van der Waals surface area contributed by atoms with Crippen molar-refractivity contribution in [2.45, 2.75) is 89.9 Å². The molecule has 0 unspecified atom stereocenters. The van der Waals surface area contributed by atoms with Crippen molar-refractivity contribution in [1.82, 2.24) is 5.32 Å². The van der Waals surface area contributed by atoms with E-state index in [-0.39, 0.29) is 29.0 Å². The Balaban J connectivity index is 1.30. The first-order valence-electron chi connectivity index (χ1n) is 13.5. The number of carbonyl (C=O) groups is 1. The Kier molecular flexibility index (Phi) is 6.67. The number of rotatable bonds is 6. The van der Waals surface area contributed by atoms with Crippen LogP contribution in [0.15, 0.2) is 42.5 Å². The van der Waals surface area contributed by atoms with E-state index in [9.17, 15) is 4.79 Å². The third-order valence-corrected chi connectivity index (χ3v) is 9.52. The van der Waals surface area contributed by atoms with E-state index in [4.69, 9.17) is 9.47 Å². The molecule has 2 aliphatic heterocycles. The van der Waals surface area contributed by atoms with Gasteiger partial charge < -0.3 is 14.8 Å².